The number of rotatable bonds is 3. The Kier molecular flexibility index (Phi) is 2.67. The van der Waals surface area contributed by atoms with Crippen LogP contribution in [0.3, 0.4) is 0 Å². The second-order valence-electron chi connectivity index (χ2n) is 4.80. The normalized spacial score (nSPS) is 17.1. The van der Waals surface area contributed by atoms with Crippen LogP contribution in [0.2, 0.25) is 5.02 Å². The number of nitrogens with zero attached hydrogens (tertiary/aromatic N) is 2. The van der Waals surface area contributed by atoms with Gasteiger partial charge in [-0.2, -0.15) is 5.10 Å². The summed E-state index contributed by atoms with van der Waals surface area (Å²) in [6.45, 7) is 2.24. The second-order valence-corrected chi connectivity index (χ2v) is 5.23. The molecular formula is C14H15ClN2. The molecule has 1 aliphatic rings. The molecule has 0 bridgehead atoms. The van der Waals surface area contributed by atoms with Crippen molar-refractivity contribution in [3.05, 3.63) is 41.7 Å². The van der Waals surface area contributed by atoms with Crippen LogP contribution >= 0.6 is 11.6 Å². The molecular weight excluding hydrogens is 232 g/mol. The highest BCUT2D eigenvalue weighted by Crippen LogP contribution is 2.39. The second kappa shape index (κ2) is 4.19. The summed E-state index contributed by atoms with van der Waals surface area (Å²) < 4.78 is 2.08. The minimum atomic E-state index is 0.517. The Hall–Kier alpha value is -1.28. The third-order valence-electron chi connectivity index (χ3n) is 3.48. The van der Waals surface area contributed by atoms with E-state index in [2.05, 4.69) is 29.0 Å². The van der Waals surface area contributed by atoms with Gasteiger partial charge < -0.3 is 0 Å². The third-order valence-corrected chi connectivity index (χ3v) is 3.72. The minimum absolute atomic E-state index is 0.517. The fraction of sp³-hybridized carbons (Fsp3) is 0.357. The van der Waals surface area contributed by atoms with E-state index in [1.807, 2.05) is 24.4 Å². The topological polar surface area (TPSA) is 17.8 Å². The van der Waals surface area contributed by atoms with Crippen LogP contribution in [0, 0.1) is 5.92 Å². The monoisotopic (exact) mass is 246 g/mol. The summed E-state index contributed by atoms with van der Waals surface area (Å²) in [5.41, 5.74) is 2.27. The largest absolute Gasteiger partial charge is 0.269 e. The number of hydrogen-bond acceptors (Lipinski definition) is 1. The van der Waals surface area contributed by atoms with E-state index in [9.17, 15) is 0 Å². The van der Waals surface area contributed by atoms with Crippen molar-refractivity contribution in [1.82, 2.24) is 9.78 Å². The van der Waals surface area contributed by atoms with Crippen LogP contribution in [0.25, 0.3) is 11.1 Å². The lowest BCUT2D eigenvalue weighted by Gasteiger charge is -2.09. The lowest BCUT2D eigenvalue weighted by Crippen LogP contribution is -2.06. The van der Waals surface area contributed by atoms with Gasteiger partial charge in [0.2, 0.25) is 0 Å². The van der Waals surface area contributed by atoms with E-state index in [1.165, 1.54) is 12.8 Å². The van der Waals surface area contributed by atoms with Crippen LogP contribution in [-0.2, 0) is 0 Å². The van der Waals surface area contributed by atoms with Crippen LogP contribution in [0.4, 0.5) is 0 Å². The molecule has 88 valence electrons. The fourth-order valence-corrected chi connectivity index (χ4v) is 2.36. The Morgan fingerprint density at radius 3 is 2.88 bits per heavy atom. The summed E-state index contributed by atoms with van der Waals surface area (Å²) in [6.07, 6.45) is 6.72. The van der Waals surface area contributed by atoms with Gasteiger partial charge in [-0.05, 0) is 43.4 Å². The Labute approximate surface area is 106 Å². The van der Waals surface area contributed by atoms with Crippen LogP contribution in [-0.4, -0.2) is 9.78 Å². The highest BCUT2D eigenvalue weighted by atomic mass is 35.5. The van der Waals surface area contributed by atoms with E-state index in [0.717, 1.165) is 22.1 Å². The molecule has 0 N–H and O–H groups in total. The summed E-state index contributed by atoms with van der Waals surface area (Å²) in [6, 6.07) is 8.42. The fourth-order valence-electron chi connectivity index (χ4n) is 2.17. The van der Waals surface area contributed by atoms with Gasteiger partial charge in [0.05, 0.1) is 12.2 Å². The molecule has 0 saturated heterocycles. The van der Waals surface area contributed by atoms with E-state index in [1.54, 1.807) is 0 Å². The van der Waals surface area contributed by atoms with E-state index >= 15 is 0 Å². The highest BCUT2D eigenvalue weighted by Gasteiger charge is 2.29. The molecule has 1 saturated carbocycles. The molecule has 0 amide bonds. The predicted octanol–water partition coefficient (Wildman–Crippen LogP) is 4.17. The van der Waals surface area contributed by atoms with Crippen molar-refractivity contribution in [2.45, 2.75) is 25.8 Å². The van der Waals surface area contributed by atoms with Crippen LogP contribution in [0.5, 0.6) is 0 Å². The average molecular weight is 247 g/mol. The number of halogens is 1. The van der Waals surface area contributed by atoms with Gasteiger partial charge in [-0.25, -0.2) is 0 Å². The molecule has 0 spiro atoms. The number of benzene rings is 1. The summed E-state index contributed by atoms with van der Waals surface area (Å²) in [5.74, 6) is 0.821. The predicted molar refractivity (Wildman–Crippen MR) is 70.1 cm³/mol. The van der Waals surface area contributed by atoms with Crippen molar-refractivity contribution in [3.8, 4) is 11.1 Å². The van der Waals surface area contributed by atoms with Gasteiger partial charge in [0, 0.05) is 16.8 Å². The van der Waals surface area contributed by atoms with Gasteiger partial charge in [0.25, 0.3) is 0 Å². The van der Waals surface area contributed by atoms with Crippen LogP contribution < -0.4 is 0 Å². The van der Waals surface area contributed by atoms with Gasteiger partial charge in [-0.1, -0.05) is 23.7 Å². The first-order chi connectivity index (χ1) is 8.24. The first kappa shape index (κ1) is 10.8. The lowest BCUT2D eigenvalue weighted by atomic mass is 10.1. The Morgan fingerprint density at radius 2 is 2.18 bits per heavy atom. The molecule has 1 aromatic carbocycles. The smallest absolute Gasteiger partial charge is 0.0568 e. The van der Waals surface area contributed by atoms with Gasteiger partial charge in [-0.3, -0.25) is 4.68 Å². The molecule has 0 radical (unpaired) electrons. The SMILES string of the molecule is CC(C1CC1)n1cc(-c2cccc(Cl)c2)cn1. The molecule has 1 aliphatic carbocycles. The molecule has 0 aliphatic heterocycles. The summed E-state index contributed by atoms with van der Waals surface area (Å²) >= 11 is 6.00. The van der Waals surface area contributed by atoms with E-state index < -0.39 is 0 Å². The summed E-state index contributed by atoms with van der Waals surface area (Å²) in [4.78, 5) is 0. The molecule has 3 rings (SSSR count). The van der Waals surface area contributed by atoms with Gasteiger partial charge in [0.15, 0.2) is 0 Å². The van der Waals surface area contributed by atoms with Crippen molar-refractivity contribution in [2.75, 3.05) is 0 Å². The Balaban J connectivity index is 1.89. The Bertz CT molecular complexity index is 529. The maximum absolute atomic E-state index is 6.00. The molecule has 1 fully saturated rings. The molecule has 2 aromatic rings. The first-order valence-electron chi connectivity index (χ1n) is 6.04. The first-order valence-corrected chi connectivity index (χ1v) is 6.42. The van der Waals surface area contributed by atoms with Gasteiger partial charge in [0.1, 0.15) is 0 Å². The van der Waals surface area contributed by atoms with Crippen molar-refractivity contribution in [3.63, 3.8) is 0 Å². The Morgan fingerprint density at radius 1 is 1.35 bits per heavy atom. The molecule has 1 aromatic heterocycles. The van der Waals surface area contributed by atoms with E-state index in [-0.39, 0.29) is 0 Å². The maximum atomic E-state index is 6.00. The summed E-state index contributed by atoms with van der Waals surface area (Å²) in [5, 5.41) is 5.23. The minimum Gasteiger partial charge on any atom is -0.269 e. The zero-order valence-corrected chi connectivity index (χ0v) is 10.6. The van der Waals surface area contributed by atoms with Crippen molar-refractivity contribution < 1.29 is 0 Å². The van der Waals surface area contributed by atoms with Crippen molar-refractivity contribution in [2.24, 2.45) is 5.92 Å². The van der Waals surface area contributed by atoms with Crippen molar-refractivity contribution >= 4 is 11.6 Å². The van der Waals surface area contributed by atoms with Gasteiger partial charge >= 0.3 is 0 Å². The van der Waals surface area contributed by atoms with Crippen LogP contribution in [0.1, 0.15) is 25.8 Å². The van der Waals surface area contributed by atoms with E-state index in [0.29, 0.717) is 6.04 Å². The maximum Gasteiger partial charge on any atom is 0.0568 e. The molecule has 2 nitrogen and oxygen atoms in total. The zero-order valence-electron chi connectivity index (χ0n) is 9.81. The molecule has 1 unspecified atom stereocenters. The van der Waals surface area contributed by atoms with Gasteiger partial charge in [-0.15, -0.1) is 0 Å². The summed E-state index contributed by atoms with van der Waals surface area (Å²) in [7, 11) is 0. The number of hydrogen-bond donors (Lipinski definition) is 0. The quantitative estimate of drug-likeness (QED) is 0.795. The highest BCUT2D eigenvalue weighted by molar-refractivity contribution is 6.30. The zero-order chi connectivity index (χ0) is 11.8. The molecule has 1 heterocycles. The molecule has 3 heteroatoms. The number of aromatic nitrogens is 2. The molecule has 17 heavy (non-hydrogen) atoms. The standard InChI is InChI=1S/C14H15ClN2/c1-10(11-5-6-11)17-9-13(8-16-17)12-3-2-4-14(15)7-12/h2-4,7-11H,5-6H2,1H3. The molecule has 1 atom stereocenters. The van der Waals surface area contributed by atoms with Crippen molar-refractivity contribution in [1.29, 1.82) is 0 Å². The average Bonchev–Trinajstić information content (AvgIpc) is 3.05. The van der Waals surface area contributed by atoms with E-state index in [4.69, 9.17) is 11.6 Å². The van der Waals surface area contributed by atoms with Crippen LogP contribution in [0.15, 0.2) is 36.7 Å². The lowest BCUT2D eigenvalue weighted by molar-refractivity contribution is 0.440. The third kappa shape index (κ3) is 2.22.